The Bertz CT molecular complexity index is 1950. The van der Waals surface area contributed by atoms with Gasteiger partial charge in [0.1, 0.15) is 0 Å². The molecule has 0 aliphatic rings. The van der Waals surface area contributed by atoms with Crippen LogP contribution in [0.1, 0.15) is 152 Å². The summed E-state index contributed by atoms with van der Waals surface area (Å²) in [6.45, 7) is 28.1. The summed E-state index contributed by atoms with van der Waals surface area (Å²) in [5, 5.41) is 5.19. The lowest BCUT2D eigenvalue weighted by atomic mass is 9.79. The van der Waals surface area contributed by atoms with Gasteiger partial charge in [-0.1, -0.05) is 156 Å². The van der Waals surface area contributed by atoms with E-state index >= 15 is 0 Å². The topological polar surface area (TPSA) is 0 Å². The maximum absolute atomic E-state index is 2.52. The molecule has 0 bridgehead atoms. The minimum absolute atomic E-state index is 0.415. The van der Waals surface area contributed by atoms with Crippen LogP contribution in [0.2, 0.25) is 0 Å². The van der Waals surface area contributed by atoms with Gasteiger partial charge in [0.05, 0.1) is 0 Å². The van der Waals surface area contributed by atoms with Gasteiger partial charge in [0.2, 0.25) is 0 Å². The van der Waals surface area contributed by atoms with E-state index in [0.29, 0.717) is 35.5 Å². The molecule has 0 unspecified atom stereocenters. The molecular formula is C50H58. The lowest BCUT2D eigenvalue weighted by Crippen LogP contribution is -2.04. The molecule has 0 radical (unpaired) electrons. The van der Waals surface area contributed by atoms with Gasteiger partial charge in [-0.2, -0.15) is 0 Å². The van der Waals surface area contributed by atoms with E-state index in [-0.39, 0.29) is 0 Å². The third-order valence-corrected chi connectivity index (χ3v) is 10.9. The van der Waals surface area contributed by atoms with Gasteiger partial charge in [-0.05, 0) is 148 Å². The average molecular weight is 659 g/mol. The maximum Gasteiger partial charge on any atom is -0.00928 e. The zero-order valence-electron chi connectivity index (χ0n) is 32.7. The van der Waals surface area contributed by atoms with E-state index in [1.165, 1.54) is 88.3 Å². The molecule has 0 N–H and O–H groups in total. The molecule has 6 aromatic carbocycles. The van der Waals surface area contributed by atoms with E-state index in [0.717, 1.165) is 0 Å². The summed E-state index contributed by atoms with van der Waals surface area (Å²) in [6, 6.07) is 37.9. The van der Waals surface area contributed by atoms with Gasteiger partial charge in [0.15, 0.2) is 0 Å². The number of benzene rings is 6. The number of fused-ring (bicyclic) bond motifs is 2. The summed E-state index contributed by atoms with van der Waals surface area (Å²) in [6.07, 6.45) is 0. The van der Waals surface area contributed by atoms with Crippen LogP contribution >= 0.6 is 0 Å². The van der Waals surface area contributed by atoms with Gasteiger partial charge in [-0.3, -0.25) is 0 Å². The van der Waals surface area contributed by atoms with E-state index in [2.05, 4.69) is 180 Å². The van der Waals surface area contributed by atoms with E-state index in [1.54, 1.807) is 0 Å². The molecule has 0 atom stereocenters. The quantitative estimate of drug-likeness (QED) is 0.145. The Morgan fingerprint density at radius 2 is 0.620 bits per heavy atom. The third kappa shape index (κ3) is 6.67. The van der Waals surface area contributed by atoms with E-state index in [9.17, 15) is 0 Å². The van der Waals surface area contributed by atoms with Crippen LogP contribution in [0.5, 0.6) is 0 Å². The van der Waals surface area contributed by atoms with Crippen molar-refractivity contribution in [3.8, 4) is 33.4 Å². The highest BCUT2D eigenvalue weighted by Gasteiger charge is 2.23. The second kappa shape index (κ2) is 14.2. The van der Waals surface area contributed by atoms with Crippen molar-refractivity contribution in [1.82, 2.24) is 0 Å². The van der Waals surface area contributed by atoms with Crippen LogP contribution in [0.25, 0.3) is 54.9 Å². The first kappa shape index (κ1) is 35.7. The molecule has 50 heavy (non-hydrogen) atoms. The van der Waals surface area contributed by atoms with E-state index < -0.39 is 0 Å². The van der Waals surface area contributed by atoms with Crippen molar-refractivity contribution in [3.05, 3.63) is 130 Å². The highest BCUT2D eigenvalue weighted by atomic mass is 14.3. The molecule has 0 spiro atoms. The molecule has 0 saturated heterocycles. The van der Waals surface area contributed by atoms with Gasteiger partial charge in [-0.15, -0.1) is 0 Å². The van der Waals surface area contributed by atoms with Crippen molar-refractivity contribution in [2.75, 3.05) is 0 Å². The molecule has 0 saturated carbocycles. The van der Waals surface area contributed by atoms with Crippen molar-refractivity contribution in [1.29, 1.82) is 0 Å². The Morgan fingerprint density at radius 1 is 0.320 bits per heavy atom. The van der Waals surface area contributed by atoms with Crippen LogP contribution < -0.4 is 0 Å². The Balaban J connectivity index is 1.73. The Labute approximate surface area is 303 Å². The lowest BCUT2D eigenvalue weighted by Gasteiger charge is -2.25. The van der Waals surface area contributed by atoms with Gasteiger partial charge in [-0.25, -0.2) is 0 Å². The monoisotopic (exact) mass is 658 g/mol. The van der Waals surface area contributed by atoms with Crippen molar-refractivity contribution in [2.45, 2.75) is 119 Å². The second-order valence-electron chi connectivity index (χ2n) is 16.6. The Kier molecular flexibility index (Phi) is 10.1. The summed E-state index contributed by atoms with van der Waals surface area (Å²) in [4.78, 5) is 0. The number of rotatable bonds is 9. The average Bonchev–Trinajstić information content (AvgIpc) is 3.09. The van der Waals surface area contributed by atoms with Crippen LogP contribution in [-0.2, 0) is 0 Å². The summed E-state index contributed by atoms with van der Waals surface area (Å²) < 4.78 is 0. The smallest absolute Gasteiger partial charge is 0.00928 e. The van der Waals surface area contributed by atoms with Crippen molar-refractivity contribution < 1.29 is 0 Å². The predicted octanol–water partition coefficient (Wildman–Crippen LogP) is 15.7. The summed E-state index contributed by atoms with van der Waals surface area (Å²) in [5.41, 5.74) is 16.8. The first-order chi connectivity index (χ1) is 23.8. The highest BCUT2D eigenvalue weighted by Crippen LogP contribution is 2.46. The standard InChI is InChI=1S/C50H58/c1-29(2)37-23-43(31(5)6)49(44(24-37)32(7)8)39-21-35-17-13-15-19-41(35)47(27-39)48-28-40(22-36-18-14-16-20-42(36)48)50-45(33(9)10)25-38(30(3)4)26-46(50)34(11)12/h13-34H,1-12H3. The van der Waals surface area contributed by atoms with Crippen molar-refractivity contribution in [2.24, 2.45) is 0 Å². The fraction of sp³-hybridized carbons (Fsp3) is 0.360. The molecule has 0 nitrogen and oxygen atoms in total. The van der Waals surface area contributed by atoms with Crippen molar-refractivity contribution >= 4 is 21.5 Å². The van der Waals surface area contributed by atoms with Crippen LogP contribution in [0.15, 0.2) is 97.1 Å². The molecule has 0 aromatic heterocycles. The molecule has 0 fully saturated rings. The van der Waals surface area contributed by atoms with Crippen LogP contribution in [0.4, 0.5) is 0 Å². The summed E-state index contributed by atoms with van der Waals surface area (Å²) in [7, 11) is 0. The molecule has 0 heteroatoms. The zero-order valence-corrected chi connectivity index (χ0v) is 32.7. The Hall–Kier alpha value is -4.16. The van der Waals surface area contributed by atoms with Crippen LogP contribution in [0, 0.1) is 0 Å². The second-order valence-corrected chi connectivity index (χ2v) is 16.6. The molecule has 0 aliphatic carbocycles. The molecular weight excluding hydrogens is 601 g/mol. The van der Waals surface area contributed by atoms with Gasteiger partial charge >= 0.3 is 0 Å². The van der Waals surface area contributed by atoms with Crippen LogP contribution in [0.3, 0.4) is 0 Å². The van der Waals surface area contributed by atoms with E-state index in [4.69, 9.17) is 0 Å². The molecule has 6 rings (SSSR count). The van der Waals surface area contributed by atoms with Crippen LogP contribution in [-0.4, -0.2) is 0 Å². The Morgan fingerprint density at radius 3 is 0.900 bits per heavy atom. The SMILES string of the molecule is CC(C)c1cc(C(C)C)c(-c2cc(-c3cc(-c4c(C(C)C)cc(C(C)C)cc4C(C)C)cc4ccccc34)c3ccccc3c2)c(C(C)C)c1. The molecule has 0 aliphatic heterocycles. The molecule has 0 amide bonds. The largest absolute Gasteiger partial charge is 0.0616 e. The first-order valence-electron chi connectivity index (χ1n) is 19.2. The summed E-state index contributed by atoms with van der Waals surface area (Å²) >= 11 is 0. The third-order valence-electron chi connectivity index (χ3n) is 10.9. The molecule has 6 aromatic rings. The van der Waals surface area contributed by atoms with Gasteiger partial charge in [0.25, 0.3) is 0 Å². The fourth-order valence-electron chi connectivity index (χ4n) is 7.93. The maximum atomic E-state index is 2.52. The van der Waals surface area contributed by atoms with Crippen molar-refractivity contribution in [3.63, 3.8) is 0 Å². The number of hydrogen-bond acceptors (Lipinski definition) is 0. The molecule has 258 valence electrons. The van der Waals surface area contributed by atoms with E-state index in [1.807, 2.05) is 0 Å². The normalized spacial score (nSPS) is 12.3. The lowest BCUT2D eigenvalue weighted by molar-refractivity contribution is 0.807. The minimum atomic E-state index is 0.415. The summed E-state index contributed by atoms with van der Waals surface area (Å²) in [5.74, 6) is 2.63. The number of hydrogen-bond donors (Lipinski definition) is 0. The zero-order chi connectivity index (χ0) is 36.0. The van der Waals surface area contributed by atoms with Gasteiger partial charge < -0.3 is 0 Å². The fourth-order valence-corrected chi connectivity index (χ4v) is 7.93. The first-order valence-corrected chi connectivity index (χ1v) is 19.2. The van der Waals surface area contributed by atoms with Gasteiger partial charge in [0, 0.05) is 0 Å². The highest BCUT2D eigenvalue weighted by molar-refractivity contribution is 6.09. The predicted molar refractivity (Wildman–Crippen MR) is 222 cm³/mol. The minimum Gasteiger partial charge on any atom is -0.0616 e. The molecule has 0 heterocycles.